The summed E-state index contributed by atoms with van der Waals surface area (Å²) >= 11 is 0. The van der Waals surface area contributed by atoms with E-state index in [-0.39, 0.29) is 29.0 Å². The number of ether oxygens (including phenoxy) is 1. The highest BCUT2D eigenvalue weighted by atomic mass is 32.2. The van der Waals surface area contributed by atoms with Crippen LogP contribution < -0.4 is 4.74 Å². The Morgan fingerprint density at radius 2 is 2.14 bits per heavy atom. The summed E-state index contributed by atoms with van der Waals surface area (Å²) in [4.78, 5) is 15.0. The first-order valence-corrected chi connectivity index (χ1v) is 7.89. The molecule has 0 radical (unpaired) electrons. The second-order valence-electron chi connectivity index (χ2n) is 4.19. The van der Waals surface area contributed by atoms with Crippen molar-refractivity contribution in [2.24, 2.45) is 0 Å². The van der Waals surface area contributed by atoms with Crippen molar-refractivity contribution in [3.05, 3.63) is 30.0 Å². The Labute approximate surface area is 121 Å². The number of aromatic carboxylic acids is 1. The van der Waals surface area contributed by atoms with Crippen LogP contribution in [-0.4, -0.2) is 37.3 Å². The van der Waals surface area contributed by atoms with E-state index in [9.17, 15) is 13.2 Å². The molecule has 0 bridgehead atoms. The summed E-state index contributed by atoms with van der Waals surface area (Å²) in [6.07, 6.45) is 1.08. The van der Waals surface area contributed by atoms with Gasteiger partial charge >= 0.3 is 11.9 Å². The van der Waals surface area contributed by atoms with E-state index in [0.717, 1.165) is 6.26 Å². The zero-order chi connectivity index (χ0) is 15.6. The summed E-state index contributed by atoms with van der Waals surface area (Å²) in [5.74, 6) is -1.50. The number of oxazole rings is 1. The smallest absolute Gasteiger partial charge is 0.362 e. The van der Waals surface area contributed by atoms with Gasteiger partial charge in [0, 0.05) is 11.8 Å². The lowest BCUT2D eigenvalue weighted by atomic mass is 10.2. The number of carboxylic acids is 1. The highest BCUT2D eigenvalue weighted by Crippen LogP contribution is 2.28. The van der Waals surface area contributed by atoms with Crippen LogP contribution in [0.4, 0.5) is 0 Å². The molecule has 21 heavy (non-hydrogen) atoms. The SMILES string of the molecule is CCOc1oc(-c2cccc(S(C)(=O)=O)c2)nc1C(=O)O. The molecule has 7 nitrogen and oxygen atoms in total. The Bertz CT molecular complexity index is 778. The third-order valence-electron chi connectivity index (χ3n) is 2.58. The zero-order valence-corrected chi connectivity index (χ0v) is 12.2. The van der Waals surface area contributed by atoms with Crippen molar-refractivity contribution in [2.75, 3.05) is 12.9 Å². The summed E-state index contributed by atoms with van der Waals surface area (Å²) in [5, 5.41) is 9.04. The van der Waals surface area contributed by atoms with Crippen LogP contribution in [0.25, 0.3) is 11.5 Å². The molecule has 1 aromatic carbocycles. The van der Waals surface area contributed by atoms with Gasteiger partial charge in [-0.05, 0) is 25.1 Å². The Morgan fingerprint density at radius 1 is 1.43 bits per heavy atom. The van der Waals surface area contributed by atoms with Crippen LogP contribution >= 0.6 is 0 Å². The lowest BCUT2D eigenvalue weighted by molar-refractivity contribution is 0.0683. The van der Waals surface area contributed by atoms with Crippen molar-refractivity contribution in [3.8, 4) is 17.4 Å². The number of aromatic nitrogens is 1. The van der Waals surface area contributed by atoms with E-state index in [1.165, 1.54) is 18.2 Å². The zero-order valence-electron chi connectivity index (χ0n) is 11.4. The summed E-state index contributed by atoms with van der Waals surface area (Å²) in [5.41, 5.74) is 0.00277. The molecule has 0 atom stereocenters. The Balaban J connectivity index is 2.52. The van der Waals surface area contributed by atoms with E-state index < -0.39 is 15.8 Å². The normalized spacial score (nSPS) is 11.3. The molecule has 0 saturated heterocycles. The Kier molecular flexibility index (Phi) is 3.99. The van der Waals surface area contributed by atoms with Crippen LogP contribution in [0.15, 0.2) is 33.6 Å². The van der Waals surface area contributed by atoms with Crippen LogP contribution in [-0.2, 0) is 9.84 Å². The van der Waals surface area contributed by atoms with Gasteiger partial charge in [0.15, 0.2) is 9.84 Å². The molecule has 1 aromatic heterocycles. The van der Waals surface area contributed by atoms with E-state index in [4.69, 9.17) is 14.3 Å². The summed E-state index contributed by atoms with van der Waals surface area (Å²) in [6, 6.07) is 5.89. The third kappa shape index (κ3) is 3.22. The fraction of sp³-hybridized carbons (Fsp3) is 0.231. The molecule has 0 aliphatic carbocycles. The molecule has 0 amide bonds. The van der Waals surface area contributed by atoms with Gasteiger partial charge in [0.1, 0.15) is 0 Å². The highest BCUT2D eigenvalue weighted by Gasteiger charge is 2.22. The van der Waals surface area contributed by atoms with E-state index in [1.54, 1.807) is 13.0 Å². The predicted molar refractivity (Wildman–Crippen MR) is 73.2 cm³/mol. The number of carbonyl (C=O) groups is 1. The number of hydrogen-bond acceptors (Lipinski definition) is 6. The van der Waals surface area contributed by atoms with Gasteiger partial charge in [0.05, 0.1) is 11.5 Å². The highest BCUT2D eigenvalue weighted by molar-refractivity contribution is 7.90. The Morgan fingerprint density at radius 3 is 2.71 bits per heavy atom. The van der Waals surface area contributed by atoms with Gasteiger partial charge < -0.3 is 14.3 Å². The predicted octanol–water partition coefficient (Wildman–Crippen LogP) is 1.84. The number of benzene rings is 1. The van der Waals surface area contributed by atoms with Crippen LogP contribution in [0.3, 0.4) is 0 Å². The molecule has 0 aliphatic rings. The first-order valence-electron chi connectivity index (χ1n) is 6.00. The molecule has 0 spiro atoms. The minimum atomic E-state index is -3.38. The van der Waals surface area contributed by atoms with Gasteiger partial charge in [0.25, 0.3) is 0 Å². The van der Waals surface area contributed by atoms with Gasteiger partial charge in [-0.2, -0.15) is 4.98 Å². The van der Waals surface area contributed by atoms with E-state index in [1.807, 2.05) is 0 Å². The first-order chi connectivity index (χ1) is 9.82. The maximum atomic E-state index is 11.5. The molecule has 0 unspecified atom stereocenters. The minimum Gasteiger partial charge on any atom is -0.476 e. The molecule has 112 valence electrons. The van der Waals surface area contributed by atoms with Crippen LogP contribution in [0.5, 0.6) is 5.95 Å². The molecule has 1 heterocycles. The lowest BCUT2D eigenvalue weighted by Crippen LogP contribution is -2.01. The molecule has 1 N–H and O–H groups in total. The van der Waals surface area contributed by atoms with Crippen molar-refractivity contribution < 1.29 is 27.5 Å². The fourth-order valence-electron chi connectivity index (χ4n) is 1.65. The monoisotopic (exact) mass is 311 g/mol. The molecular formula is C13H13NO6S. The van der Waals surface area contributed by atoms with Crippen LogP contribution in [0, 0.1) is 0 Å². The van der Waals surface area contributed by atoms with Crippen molar-refractivity contribution in [3.63, 3.8) is 0 Å². The van der Waals surface area contributed by atoms with Crippen molar-refractivity contribution in [1.82, 2.24) is 4.98 Å². The summed E-state index contributed by atoms with van der Waals surface area (Å²) in [6.45, 7) is 1.90. The number of nitrogens with zero attached hydrogens (tertiary/aromatic N) is 1. The second-order valence-corrected chi connectivity index (χ2v) is 6.21. The fourth-order valence-corrected chi connectivity index (χ4v) is 2.32. The summed E-state index contributed by atoms with van der Waals surface area (Å²) < 4.78 is 33.4. The molecular weight excluding hydrogens is 298 g/mol. The molecule has 0 aliphatic heterocycles. The van der Waals surface area contributed by atoms with Crippen LogP contribution in [0.1, 0.15) is 17.4 Å². The summed E-state index contributed by atoms with van der Waals surface area (Å²) in [7, 11) is -3.38. The maximum absolute atomic E-state index is 11.5. The number of carboxylic acid groups (broad SMARTS) is 1. The average Bonchev–Trinajstić information content (AvgIpc) is 2.83. The van der Waals surface area contributed by atoms with Crippen molar-refractivity contribution in [2.45, 2.75) is 11.8 Å². The van der Waals surface area contributed by atoms with E-state index >= 15 is 0 Å². The van der Waals surface area contributed by atoms with Gasteiger partial charge in [-0.25, -0.2) is 13.2 Å². The van der Waals surface area contributed by atoms with Gasteiger partial charge in [-0.15, -0.1) is 0 Å². The van der Waals surface area contributed by atoms with Crippen molar-refractivity contribution in [1.29, 1.82) is 0 Å². The van der Waals surface area contributed by atoms with Gasteiger partial charge in [-0.1, -0.05) is 6.07 Å². The quantitative estimate of drug-likeness (QED) is 0.897. The second kappa shape index (κ2) is 5.57. The third-order valence-corrected chi connectivity index (χ3v) is 3.69. The first kappa shape index (κ1) is 15.0. The Hall–Kier alpha value is -2.35. The largest absolute Gasteiger partial charge is 0.476 e. The van der Waals surface area contributed by atoms with E-state index in [0.29, 0.717) is 5.56 Å². The molecule has 8 heteroatoms. The molecule has 0 fully saturated rings. The molecule has 2 rings (SSSR count). The van der Waals surface area contributed by atoms with Gasteiger partial charge in [-0.3, -0.25) is 0 Å². The average molecular weight is 311 g/mol. The topological polar surface area (TPSA) is 107 Å². The number of sulfone groups is 1. The van der Waals surface area contributed by atoms with Crippen molar-refractivity contribution >= 4 is 15.8 Å². The molecule has 0 saturated carbocycles. The number of hydrogen-bond donors (Lipinski definition) is 1. The molecule has 2 aromatic rings. The maximum Gasteiger partial charge on any atom is 0.362 e. The minimum absolute atomic E-state index is 0.0126. The van der Waals surface area contributed by atoms with Gasteiger partial charge in [0.2, 0.25) is 11.6 Å². The number of rotatable bonds is 5. The van der Waals surface area contributed by atoms with Crippen LogP contribution in [0.2, 0.25) is 0 Å². The lowest BCUT2D eigenvalue weighted by Gasteiger charge is -2.00. The standard InChI is InChI=1S/C13H13NO6S/c1-3-19-13-10(12(15)16)14-11(20-13)8-5-4-6-9(7-8)21(2,17)18/h4-7H,3H2,1-2H3,(H,15,16). The van der Waals surface area contributed by atoms with E-state index in [2.05, 4.69) is 4.98 Å².